The van der Waals surface area contributed by atoms with Crippen molar-refractivity contribution in [3.8, 4) is 0 Å². The average Bonchev–Trinajstić information content (AvgIpc) is 3.03. The van der Waals surface area contributed by atoms with Crippen molar-refractivity contribution in [1.29, 1.82) is 0 Å². The molecule has 0 saturated heterocycles. The molecule has 134 valence electrons. The van der Waals surface area contributed by atoms with Gasteiger partial charge in [0.15, 0.2) is 0 Å². The van der Waals surface area contributed by atoms with Crippen LogP contribution in [0.1, 0.15) is 22.3 Å². The normalized spacial score (nSPS) is 14.3. The lowest BCUT2D eigenvalue weighted by molar-refractivity contribution is 0.101. The number of aromatic nitrogens is 2. The molecule has 0 spiro atoms. The topological polar surface area (TPSA) is 84.3 Å². The van der Waals surface area contributed by atoms with Crippen molar-refractivity contribution in [3.05, 3.63) is 59.9 Å². The maximum atomic E-state index is 12.6. The van der Waals surface area contributed by atoms with Crippen molar-refractivity contribution in [3.63, 3.8) is 0 Å². The summed E-state index contributed by atoms with van der Waals surface area (Å²) in [6.45, 7) is 0.471. The number of carbonyl (C=O) groups is 1. The van der Waals surface area contributed by atoms with Gasteiger partial charge >= 0.3 is 0 Å². The zero-order valence-corrected chi connectivity index (χ0v) is 15.0. The number of aryl methyl sites for hydroxylation is 1. The highest BCUT2D eigenvalue weighted by atomic mass is 32.2. The summed E-state index contributed by atoms with van der Waals surface area (Å²) in [6, 6.07) is 12.6. The summed E-state index contributed by atoms with van der Waals surface area (Å²) in [6.07, 6.45) is 4.24. The molecule has 0 fully saturated rings. The zero-order chi connectivity index (χ0) is 18.3. The number of fused-ring (bicyclic) bond motifs is 2. The Hall–Kier alpha value is -2.87. The van der Waals surface area contributed by atoms with Crippen LogP contribution in [0.15, 0.2) is 48.8 Å². The molecule has 0 radical (unpaired) electrons. The predicted molar refractivity (Wildman–Crippen MR) is 100 cm³/mol. The monoisotopic (exact) mass is 370 g/mol. The Kier molecular flexibility index (Phi) is 3.91. The third-order valence-electron chi connectivity index (χ3n) is 4.49. The number of benzene rings is 2. The molecule has 1 aliphatic rings. The van der Waals surface area contributed by atoms with Gasteiger partial charge in [0.1, 0.15) is 6.33 Å². The van der Waals surface area contributed by atoms with Gasteiger partial charge in [-0.05, 0) is 48.7 Å². The number of para-hydroxylation sites is 2. The maximum Gasteiger partial charge on any atom is 0.270 e. The largest absolute Gasteiger partial charge is 0.270 e. The Morgan fingerprint density at radius 2 is 2.00 bits per heavy atom. The highest BCUT2D eigenvalue weighted by Gasteiger charge is 2.24. The van der Waals surface area contributed by atoms with Crippen molar-refractivity contribution in [2.75, 3.05) is 22.5 Å². The van der Waals surface area contributed by atoms with Gasteiger partial charge in [0.2, 0.25) is 10.0 Å². The first kappa shape index (κ1) is 16.6. The van der Waals surface area contributed by atoms with E-state index in [9.17, 15) is 13.2 Å². The maximum absolute atomic E-state index is 12.6. The van der Waals surface area contributed by atoms with Gasteiger partial charge in [-0.15, -0.1) is 0 Å². The lowest BCUT2D eigenvalue weighted by atomic mass is 10.0. The van der Waals surface area contributed by atoms with E-state index in [0.29, 0.717) is 17.8 Å². The number of rotatable bonds is 3. The van der Waals surface area contributed by atoms with Crippen LogP contribution in [0.3, 0.4) is 0 Å². The van der Waals surface area contributed by atoms with Crippen molar-refractivity contribution >= 4 is 32.7 Å². The highest BCUT2D eigenvalue weighted by Crippen LogP contribution is 2.30. The molecule has 0 aliphatic carbocycles. The molecular weight excluding hydrogens is 352 g/mol. The summed E-state index contributed by atoms with van der Waals surface area (Å²) in [7, 11) is -3.32. The first-order chi connectivity index (χ1) is 12.4. The van der Waals surface area contributed by atoms with Crippen LogP contribution >= 0.6 is 0 Å². The number of amides is 1. The van der Waals surface area contributed by atoms with Crippen LogP contribution in [-0.2, 0) is 16.4 Å². The number of hydrogen-bond donors (Lipinski definition) is 1. The fourth-order valence-electron chi connectivity index (χ4n) is 3.27. The van der Waals surface area contributed by atoms with E-state index in [4.69, 9.17) is 0 Å². The number of nitrogens with zero attached hydrogens (tertiary/aromatic N) is 3. The summed E-state index contributed by atoms with van der Waals surface area (Å²) < 4.78 is 26.9. The number of hydrogen-bond acceptors (Lipinski definition) is 4. The molecular formula is C18H18N4O3S. The van der Waals surface area contributed by atoms with Crippen LogP contribution in [0.2, 0.25) is 0 Å². The second-order valence-electron chi connectivity index (χ2n) is 6.33. The van der Waals surface area contributed by atoms with Gasteiger partial charge < -0.3 is 0 Å². The Morgan fingerprint density at radius 3 is 2.81 bits per heavy atom. The van der Waals surface area contributed by atoms with Crippen LogP contribution in [0.5, 0.6) is 0 Å². The SMILES string of the molecule is CS(=O)(=O)N1CCCc2cc(C(=O)Nn3cnc4ccccc43)ccc21. The third-order valence-corrected chi connectivity index (χ3v) is 5.67. The number of carbonyl (C=O) groups excluding carboxylic acids is 1. The molecule has 0 bridgehead atoms. The van der Waals surface area contributed by atoms with E-state index in [1.807, 2.05) is 24.3 Å². The van der Waals surface area contributed by atoms with Crippen LogP contribution in [0.4, 0.5) is 5.69 Å². The Labute approximate surface area is 151 Å². The molecule has 1 aromatic heterocycles. The lowest BCUT2D eigenvalue weighted by Gasteiger charge is -2.29. The smallest absolute Gasteiger partial charge is 0.270 e. The van der Waals surface area contributed by atoms with E-state index in [1.54, 1.807) is 29.2 Å². The minimum atomic E-state index is -3.32. The van der Waals surface area contributed by atoms with Crippen LogP contribution < -0.4 is 9.73 Å². The molecule has 2 aromatic carbocycles. The van der Waals surface area contributed by atoms with E-state index in [2.05, 4.69) is 10.4 Å². The predicted octanol–water partition coefficient (Wildman–Crippen LogP) is 2.13. The fourth-order valence-corrected chi connectivity index (χ4v) is 4.27. The molecule has 0 unspecified atom stereocenters. The summed E-state index contributed by atoms with van der Waals surface area (Å²) in [5.74, 6) is -0.271. The second-order valence-corrected chi connectivity index (χ2v) is 8.23. The molecule has 4 rings (SSSR count). The van der Waals surface area contributed by atoms with Gasteiger partial charge in [0.25, 0.3) is 5.91 Å². The molecule has 3 aromatic rings. The number of anilines is 1. The van der Waals surface area contributed by atoms with Crippen molar-refractivity contribution in [2.24, 2.45) is 0 Å². The second kappa shape index (κ2) is 6.14. The molecule has 1 aliphatic heterocycles. The summed E-state index contributed by atoms with van der Waals surface area (Å²) in [5.41, 5.74) is 6.42. The molecule has 7 nitrogen and oxygen atoms in total. The van der Waals surface area contributed by atoms with E-state index in [-0.39, 0.29) is 5.91 Å². The fraction of sp³-hybridized carbons (Fsp3) is 0.222. The Bertz CT molecular complexity index is 1100. The molecule has 2 heterocycles. The Balaban J connectivity index is 1.63. The standard InChI is InChI=1S/C18H18N4O3S/c1-26(24,25)22-10-4-5-13-11-14(8-9-16(13)22)18(23)20-21-12-19-15-6-2-3-7-17(15)21/h2-3,6-9,11-12H,4-5,10H2,1H3,(H,20,23). The summed E-state index contributed by atoms with van der Waals surface area (Å²) >= 11 is 0. The molecule has 1 amide bonds. The minimum absolute atomic E-state index is 0.271. The first-order valence-corrected chi connectivity index (χ1v) is 10.1. The molecule has 1 N–H and O–H groups in total. The van der Waals surface area contributed by atoms with Crippen molar-refractivity contribution in [1.82, 2.24) is 9.66 Å². The van der Waals surface area contributed by atoms with E-state index < -0.39 is 10.0 Å². The van der Waals surface area contributed by atoms with Crippen LogP contribution in [0, 0.1) is 0 Å². The molecule has 0 saturated carbocycles. The van der Waals surface area contributed by atoms with Gasteiger partial charge in [-0.25, -0.2) is 18.1 Å². The molecule has 8 heteroatoms. The minimum Gasteiger partial charge on any atom is -0.270 e. The van der Waals surface area contributed by atoms with Gasteiger partial charge in [-0.2, -0.15) is 0 Å². The molecule has 26 heavy (non-hydrogen) atoms. The molecule has 0 atom stereocenters. The van der Waals surface area contributed by atoms with Gasteiger partial charge in [0.05, 0.1) is 23.0 Å². The van der Waals surface area contributed by atoms with E-state index >= 15 is 0 Å². The third kappa shape index (κ3) is 2.92. The summed E-state index contributed by atoms with van der Waals surface area (Å²) in [4.78, 5) is 16.9. The number of sulfonamides is 1. The zero-order valence-electron chi connectivity index (χ0n) is 14.2. The van der Waals surface area contributed by atoms with Crippen molar-refractivity contribution < 1.29 is 13.2 Å². The van der Waals surface area contributed by atoms with Crippen molar-refractivity contribution in [2.45, 2.75) is 12.8 Å². The van der Waals surface area contributed by atoms with E-state index in [0.717, 1.165) is 29.4 Å². The Morgan fingerprint density at radius 1 is 1.19 bits per heavy atom. The summed E-state index contributed by atoms with van der Waals surface area (Å²) in [5, 5.41) is 0. The van der Waals surface area contributed by atoms with Gasteiger partial charge in [0, 0.05) is 12.1 Å². The first-order valence-electron chi connectivity index (χ1n) is 8.27. The lowest BCUT2D eigenvalue weighted by Crippen LogP contribution is -2.34. The van der Waals surface area contributed by atoms with Crippen LogP contribution in [0.25, 0.3) is 11.0 Å². The van der Waals surface area contributed by atoms with Crippen LogP contribution in [-0.4, -0.2) is 36.8 Å². The highest BCUT2D eigenvalue weighted by molar-refractivity contribution is 7.92. The van der Waals surface area contributed by atoms with E-state index in [1.165, 1.54) is 10.6 Å². The van der Waals surface area contributed by atoms with Gasteiger partial charge in [-0.3, -0.25) is 14.5 Å². The quantitative estimate of drug-likeness (QED) is 0.765. The van der Waals surface area contributed by atoms with Gasteiger partial charge in [-0.1, -0.05) is 12.1 Å². The number of imidazole rings is 1. The number of nitrogens with one attached hydrogen (secondary N) is 1. The average molecular weight is 370 g/mol.